The Morgan fingerprint density at radius 2 is 1.67 bits per heavy atom. The van der Waals surface area contributed by atoms with Crippen molar-refractivity contribution in [2.75, 3.05) is 39.3 Å². The van der Waals surface area contributed by atoms with Crippen molar-refractivity contribution in [1.82, 2.24) is 18.5 Å². The molecule has 2 saturated heterocycles. The number of nitrogens with one attached hydrogen (secondary N) is 1. The van der Waals surface area contributed by atoms with Crippen LogP contribution in [0.4, 0.5) is 0 Å². The Balaban J connectivity index is 1.43. The first kappa shape index (κ1) is 23.6. The van der Waals surface area contributed by atoms with Gasteiger partial charge in [-0.05, 0) is 44.5 Å². The second-order valence-electron chi connectivity index (χ2n) is 8.76. The van der Waals surface area contributed by atoms with Crippen molar-refractivity contribution in [2.45, 2.75) is 33.0 Å². The van der Waals surface area contributed by atoms with Crippen LogP contribution in [0.2, 0.25) is 0 Å². The number of aromatic amines is 1. The molecule has 9 nitrogen and oxygen atoms in total. The van der Waals surface area contributed by atoms with E-state index < -0.39 is 21.7 Å². The number of nitrogens with zero attached hydrogens (tertiary/aromatic N) is 3. The maximum atomic E-state index is 13.1. The fraction of sp³-hybridized carbons (Fsp3) is 0.478. The maximum absolute atomic E-state index is 13.1. The number of H-pyrrole nitrogens is 1. The Labute approximate surface area is 194 Å². The van der Waals surface area contributed by atoms with E-state index in [1.165, 1.54) is 13.5 Å². The van der Waals surface area contributed by atoms with E-state index in [2.05, 4.69) is 4.98 Å². The van der Waals surface area contributed by atoms with E-state index in [0.717, 1.165) is 11.1 Å². The molecule has 4 rings (SSSR count). The number of aryl methyl sites for hydroxylation is 1. The molecule has 0 radical (unpaired) electrons. The Kier molecular flexibility index (Phi) is 6.71. The normalized spacial score (nSPS) is 22.9. The third-order valence-corrected chi connectivity index (χ3v) is 8.00. The van der Waals surface area contributed by atoms with Gasteiger partial charge in [0.2, 0.25) is 0 Å². The number of piperazine rings is 1. The van der Waals surface area contributed by atoms with Crippen LogP contribution in [-0.2, 0) is 14.9 Å². The van der Waals surface area contributed by atoms with E-state index in [9.17, 15) is 18.0 Å². The van der Waals surface area contributed by atoms with Crippen molar-refractivity contribution < 1.29 is 17.9 Å². The molecule has 33 heavy (non-hydrogen) atoms. The lowest BCUT2D eigenvalue weighted by atomic mass is 10.1. The number of hydrogen-bond acceptors (Lipinski definition) is 5. The molecule has 1 amide bonds. The third kappa shape index (κ3) is 5.03. The van der Waals surface area contributed by atoms with Crippen LogP contribution in [0.3, 0.4) is 0 Å². The van der Waals surface area contributed by atoms with Crippen LogP contribution in [-0.4, -0.2) is 84.3 Å². The summed E-state index contributed by atoms with van der Waals surface area (Å²) in [6, 6.07) is 11.0. The van der Waals surface area contributed by atoms with E-state index in [4.69, 9.17) is 4.74 Å². The summed E-state index contributed by atoms with van der Waals surface area (Å²) in [6.07, 6.45) is -0.332. The van der Waals surface area contributed by atoms with Gasteiger partial charge in [0.1, 0.15) is 5.56 Å². The monoisotopic (exact) mass is 474 g/mol. The summed E-state index contributed by atoms with van der Waals surface area (Å²) >= 11 is 0. The molecule has 10 heteroatoms. The Hall–Kier alpha value is -2.53. The minimum absolute atomic E-state index is 0.0542. The third-order valence-electron chi connectivity index (χ3n) is 6.03. The number of benzene rings is 1. The lowest BCUT2D eigenvalue weighted by Crippen LogP contribution is -2.57. The predicted molar refractivity (Wildman–Crippen MR) is 125 cm³/mol. The van der Waals surface area contributed by atoms with Gasteiger partial charge in [0.15, 0.2) is 0 Å². The Morgan fingerprint density at radius 1 is 1.00 bits per heavy atom. The first-order valence-electron chi connectivity index (χ1n) is 11.2. The molecule has 3 heterocycles. The number of pyridine rings is 1. The Bertz CT molecular complexity index is 1180. The number of amides is 1. The topological polar surface area (TPSA) is 103 Å². The van der Waals surface area contributed by atoms with Gasteiger partial charge in [-0.3, -0.25) is 9.59 Å². The van der Waals surface area contributed by atoms with E-state index in [1.807, 2.05) is 45.0 Å². The van der Waals surface area contributed by atoms with Gasteiger partial charge < -0.3 is 14.6 Å². The molecule has 0 saturated carbocycles. The van der Waals surface area contributed by atoms with E-state index in [0.29, 0.717) is 18.8 Å². The molecule has 2 atom stereocenters. The molecular formula is C23H30N4O5S. The van der Waals surface area contributed by atoms with Crippen LogP contribution in [0.1, 0.15) is 29.8 Å². The van der Waals surface area contributed by atoms with Gasteiger partial charge in [0.25, 0.3) is 21.7 Å². The number of morpholine rings is 1. The van der Waals surface area contributed by atoms with Crippen molar-refractivity contribution in [1.29, 1.82) is 0 Å². The standard InChI is InChI=1S/C23H30N4O5S/c1-16-5-4-6-19(13-16)21-8-7-20(22(28)24-21)23(29)25-9-11-26(12-10-25)33(30,31)27-14-17(2)32-18(3)15-27/h4-8,13,17-18H,9-12,14-15H2,1-3H3,(H,24,28). The number of carbonyl (C=O) groups is 1. The molecule has 0 aliphatic carbocycles. The molecule has 0 bridgehead atoms. The van der Waals surface area contributed by atoms with Crippen LogP contribution in [0, 0.1) is 6.92 Å². The second kappa shape index (κ2) is 9.38. The SMILES string of the molecule is Cc1cccc(-c2ccc(C(=O)N3CCN(S(=O)(=O)N4CC(C)OC(C)C4)CC3)c(=O)[nH]2)c1. The summed E-state index contributed by atoms with van der Waals surface area (Å²) in [5.41, 5.74) is 2.19. The van der Waals surface area contributed by atoms with E-state index in [-0.39, 0.29) is 44.0 Å². The molecule has 2 fully saturated rings. The molecule has 2 unspecified atom stereocenters. The molecule has 1 aromatic carbocycles. The van der Waals surface area contributed by atoms with Gasteiger partial charge in [-0.2, -0.15) is 17.0 Å². The minimum Gasteiger partial charge on any atom is -0.373 e. The van der Waals surface area contributed by atoms with Gasteiger partial charge in [0.05, 0.1) is 12.2 Å². The summed E-state index contributed by atoms with van der Waals surface area (Å²) < 4.78 is 34.6. The fourth-order valence-electron chi connectivity index (χ4n) is 4.40. The molecule has 0 spiro atoms. The summed E-state index contributed by atoms with van der Waals surface area (Å²) in [5.74, 6) is -0.391. The van der Waals surface area contributed by atoms with Crippen molar-refractivity contribution in [3.63, 3.8) is 0 Å². The maximum Gasteiger partial charge on any atom is 0.282 e. The average Bonchev–Trinajstić information content (AvgIpc) is 2.78. The first-order valence-corrected chi connectivity index (χ1v) is 12.5. The number of ether oxygens (including phenoxy) is 1. The number of hydrogen-bond donors (Lipinski definition) is 1. The smallest absolute Gasteiger partial charge is 0.282 e. The molecule has 2 aliphatic heterocycles. The number of aromatic nitrogens is 1. The van der Waals surface area contributed by atoms with Gasteiger partial charge in [-0.1, -0.05) is 23.8 Å². The van der Waals surface area contributed by atoms with Crippen molar-refractivity contribution in [3.8, 4) is 11.3 Å². The lowest BCUT2D eigenvalue weighted by Gasteiger charge is -2.40. The zero-order valence-electron chi connectivity index (χ0n) is 19.2. The van der Waals surface area contributed by atoms with Crippen LogP contribution in [0.5, 0.6) is 0 Å². The molecule has 1 N–H and O–H groups in total. The molecule has 178 valence electrons. The van der Waals surface area contributed by atoms with E-state index >= 15 is 0 Å². The van der Waals surface area contributed by atoms with Crippen molar-refractivity contribution >= 4 is 16.1 Å². The number of rotatable bonds is 4. The zero-order chi connectivity index (χ0) is 23.8. The number of carbonyl (C=O) groups excluding carboxylic acids is 1. The fourth-order valence-corrected chi connectivity index (χ4v) is 6.15. The second-order valence-corrected chi connectivity index (χ2v) is 10.7. The molecule has 2 aliphatic rings. The van der Waals surface area contributed by atoms with Gasteiger partial charge in [0, 0.05) is 45.0 Å². The van der Waals surface area contributed by atoms with Gasteiger partial charge in [-0.25, -0.2) is 0 Å². The van der Waals surface area contributed by atoms with E-state index in [1.54, 1.807) is 12.1 Å². The van der Waals surface area contributed by atoms with Crippen molar-refractivity contribution in [2.24, 2.45) is 0 Å². The minimum atomic E-state index is -3.63. The summed E-state index contributed by atoms with van der Waals surface area (Å²) in [6.45, 7) is 7.15. The quantitative estimate of drug-likeness (QED) is 0.723. The zero-order valence-corrected chi connectivity index (χ0v) is 20.0. The highest BCUT2D eigenvalue weighted by molar-refractivity contribution is 7.86. The highest BCUT2D eigenvalue weighted by atomic mass is 32.2. The van der Waals surface area contributed by atoms with Gasteiger partial charge >= 0.3 is 0 Å². The first-order chi connectivity index (χ1) is 15.6. The molecule has 1 aromatic heterocycles. The summed E-state index contributed by atoms with van der Waals surface area (Å²) in [5, 5.41) is 0. The van der Waals surface area contributed by atoms with Crippen molar-refractivity contribution in [3.05, 3.63) is 57.9 Å². The summed E-state index contributed by atoms with van der Waals surface area (Å²) in [4.78, 5) is 30.0. The average molecular weight is 475 g/mol. The highest BCUT2D eigenvalue weighted by Crippen LogP contribution is 2.20. The van der Waals surface area contributed by atoms with Crippen LogP contribution in [0.25, 0.3) is 11.3 Å². The molecular weight excluding hydrogens is 444 g/mol. The largest absolute Gasteiger partial charge is 0.373 e. The molecule has 2 aromatic rings. The van der Waals surface area contributed by atoms with Crippen LogP contribution >= 0.6 is 0 Å². The van der Waals surface area contributed by atoms with Crippen LogP contribution < -0.4 is 5.56 Å². The van der Waals surface area contributed by atoms with Crippen LogP contribution in [0.15, 0.2) is 41.2 Å². The Morgan fingerprint density at radius 3 is 2.27 bits per heavy atom. The predicted octanol–water partition coefficient (Wildman–Crippen LogP) is 1.46. The lowest BCUT2D eigenvalue weighted by molar-refractivity contribution is -0.0457. The summed E-state index contributed by atoms with van der Waals surface area (Å²) in [7, 11) is -3.63. The van der Waals surface area contributed by atoms with Gasteiger partial charge in [-0.15, -0.1) is 0 Å². The highest BCUT2D eigenvalue weighted by Gasteiger charge is 2.37.